The molecule has 3 rings (SSSR count). The fraction of sp³-hybridized carbons (Fsp3) is 0.481. The number of nitrogens with one attached hydrogen (secondary N) is 2. The van der Waals surface area contributed by atoms with Gasteiger partial charge in [-0.3, -0.25) is 9.59 Å². The summed E-state index contributed by atoms with van der Waals surface area (Å²) >= 11 is 0. The Balaban J connectivity index is 1.70. The lowest BCUT2D eigenvalue weighted by Crippen LogP contribution is -2.42. The number of carbonyl (C=O) groups excluding carboxylic acids is 2. The fourth-order valence-corrected chi connectivity index (χ4v) is 6.46. The third-order valence-corrected chi connectivity index (χ3v) is 9.18. The lowest BCUT2D eigenvalue weighted by Gasteiger charge is -2.32. The maximum atomic E-state index is 13.5. The summed E-state index contributed by atoms with van der Waals surface area (Å²) in [7, 11) is -3.65. The molecule has 1 heterocycles. The fourth-order valence-electron chi connectivity index (χ4n) is 4.41. The van der Waals surface area contributed by atoms with Crippen molar-refractivity contribution in [3.05, 3.63) is 52.1 Å². The Hall–Kier alpha value is -2.71. The van der Waals surface area contributed by atoms with Crippen molar-refractivity contribution in [3.63, 3.8) is 0 Å². The van der Waals surface area contributed by atoms with Crippen molar-refractivity contribution in [3.8, 4) is 0 Å². The Labute approximate surface area is 209 Å². The second kappa shape index (κ2) is 10.5. The van der Waals surface area contributed by atoms with Crippen molar-refractivity contribution in [2.45, 2.75) is 66.2 Å². The first-order valence-electron chi connectivity index (χ1n) is 12.1. The largest absolute Gasteiger partial charge is 0.326 e. The minimum Gasteiger partial charge on any atom is -0.326 e. The zero-order valence-electron chi connectivity index (χ0n) is 21.8. The van der Waals surface area contributed by atoms with Gasteiger partial charge in [-0.1, -0.05) is 26.0 Å². The van der Waals surface area contributed by atoms with Crippen molar-refractivity contribution in [1.29, 1.82) is 0 Å². The van der Waals surface area contributed by atoms with E-state index in [2.05, 4.69) is 10.6 Å². The summed E-state index contributed by atoms with van der Waals surface area (Å²) in [6.45, 7) is 13.7. The molecule has 1 aliphatic heterocycles. The molecule has 2 aromatic rings. The van der Waals surface area contributed by atoms with Gasteiger partial charge in [0, 0.05) is 36.3 Å². The van der Waals surface area contributed by atoms with Crippen molar-refractivity contribution < 1.29 is 18.0 Å². The van der Waals surface area contributed by atoms with E-state index in [-0.39, 0.29) is 23.7 Å². The van der Waals surface area contributed by atoms with E-state index in [0.717, 1.165) is 27.8 Å². The maximum Gasteiger partial charge on any atom is 0.243 e. The lowest BCUT2D eigenvalue weighted by atomic mass is 9.97. The summed E-state index contributed by atoms with van der Waals surface area (Å²) in [6.07, 6.45) is 0.910. The molecule has 1 aliphatic rings. The van der Waals surface area contributed by atoms with Gasteiger partial charge in [-0.15, -0.1) is 0 Å². The second-order valence-electron chi connectivity index (χ2n) is 9.93. The Kier molecular flexibility index (Phi) is 8.07. The molecule has 1 saturated heterocycles. The SMILES string of the molecule is Cc1ccc(NC(=O)C(C)C)cc1NC(=O)C1CCN(S(=O)(=O)c2c(C)c(C)cc(C)c2C)CC1. The van der Waals surface area contributed by atoms with Crippen molar-refractivity contribution >= 4 is 33.2 Å². The zero-order valence-corrected chi connectivity index (χ0v) is 22.6. The van der Waals surface area contributed by atoms with E-state index in [1.807, 2.05) is 66.7 Å². The van der Waals surface area contributed by atoms with Gasteiger partial charge in [0.2, 0.25) is 21.8 Å². The highest BCUT2D eigenvalue weighted by molar-refractivity contribution is 7.89. The van der Waals surface area contributed by atoms with Crippen molar-refractivity contribution in [2.75, 3.05) is 23.7 Å². The highest BCUT2D eigenvalue weighted by Crippen LogP contribution is 2.32. The number of hydrogen-bond donors (Lipinski definition) is 2. The van der Waals surface area contributed by atoms with Gasteiger partial charge in [-0.05, 0) is 87.4 Å². The van der Waals surface area contributed by atoms with E-state index < -0.39 is 10.0 Å². The van der Waals surface area contributed by atoms with Gasteiger partial charge in [-0.25, -0.2) is 8.42 Å². The Morgan fingerprint density at radius 2 is 1.46 bits per heavy atom. The van der Waals surface area contributed by atoms with Crippen LogP contribution in [0, 0.1) is 46.5 Å². The van der Waals surface area contributed by atoms with Crippen LogP contribution in [-0.2, 0) is 19.6 Å². The molecular weight excluding hydrogens is 462 g/mol. The summed E-state index contributed by atoms with van der Waals surface area (Å²) in [5.74, 6) is -0.645. The molecule has 2 aromatic carbocycles. The predicted molar refractivity (Wildman–Crippen MR) is 140 cm³/mol. The number of sulfonamides is 1. The summed E-state index contributed by atoms with van der Waals surface area (Å²) in [5.41, 5.74) is 5.66. The Morgan fingerprint density at radius 1 is 0.886 bits per heavy atom. The molecule has 2 N–H and O–H groups in total. The van der Waals surface area contributed by atoms with E-state index in [1.165, 1.54) is 4.31 Å². The first-order valence-corrected chi connectivity index (χ1v) is 13.6. The lowest BCUT2D eigenvalue weighted by molar-refractivity contribution is -0.121. The minimum absolute atomic E-state index is 0.0889. The van der Waals surface area contributed by atoms with Crippen molar-refractivity contribution in [2.24, 2.45) is 11.8 Å². The van der Waals surface area contributed by atoms with Crippen LogP contribution in [0.5, 0.6) is 0 Å². The predicted octanol–water partition coefficient (Wildman–Crippen LogP) is 4.86. The molecule has 190 valence electrons. The van der Waals surface area contributed by atoms with Gasteiger partial charge in [-0.2, -0.15) is 4.31 Å². The number of benzene rings is 2. The number of aryl methyl sites for hydroxylation is 3. The van der Waals surface area contributed by atoms with E-state index in [0.29, 0.717) is 42.2 Å². The van der Waals surface area contributed by atoms with E-state index in [1.54, 1.807) is 6.07 Å². The molecule has 2 amide bonds. The summed E-state index contributed by atoms with van der Waals surface area (Å²) < 4.78 is 28.5. The summed E-state index contributed by atoms with van der Waals surface area (Å²) in [5, 5.41) is 5.84. The molecule has 0 aliphatic carbocycles. The van der Waals surface area contributed by atoms with Gasteiger partial charge < -0.3 is 10.6 Å². The Bertz CT molecular complexity index is 1220. The number of nitrogens with zero attached hydrogens (tertiary/aromatic N) is 1. The second-order valence-corrected chi connectivity index (χ2v) is 11.8. The van der Waals surface area contributed by atoms with Gasteiger partial charge in [0.1, 0.15) is 0 Å². The molecule has 35 heavy (non-hydrogen) atoms. The molecule has 0 atom stereocenters. The van der Waals surface area contributed by atoms with Crippen LogP contribution in [0.2, 0.25) is 0 Å². The molecule has 0 saturated carbocycles. The number of anilines is 2. The maximum absolute atomic E-state index is 13.5. The number of piperidine rings is 1. The molecule has 0 unspecified atom stereocenters. The third kappa shape index (κ3) is 5.76. The topological polar surface area (TPSA) is 95.6 Å². The van der Waals surface area contributed by atoms with Crippen LogP contribution in [0.25, 0.3) is 0 Å². The van der Waals surface area contributed by atoms with Crippen LogP contribution in [-0.4, -0.2) is 37.6 Å². The molecule has 0 aromatic heterocycles. The van der Waals surface area contributed by atoms with Crippen LogP contribution >= 0.6 is 0 Å². The molecule has 0 bridgehead atoms. The average Bonchev–Trinajstić information content (AvgIpc) is 2.80. The molecule has 0 radical (unpaired) electrons. The number of hydrogen-bond acceptors (Lipinski definition) is 4. The minimum atomic E-state index is -3.65. The van der Waals surface area contributed by atoms with Gasteiger partial charge >= 0.3 is 0 Å². The van der Waals surface area contributed by atoms with E-state index in [9.17, 15) is 18.0 Å². The van der Waals surface area contributed by atoms with Gasteiger partial charge in [0.25, 0.3) is 0 Å². The molecular formula is C27H37N3O4S. The number of carbonyl (C=O) groups is 2. The summed E-state index contributed by atoms with van der Waals surface area (Å²) in [4.78, 5) is 25.4. The smallest absolute Gasteiger partial charge is 0.243 e. The monoisotopic (exact) mass is 499 g/mol. The van der Waals surface area contributed by atoms with Crippen LogP contribution in [0.4, 0.5) is 11.4 Å². The summed E-state index contributed by atoms with van der Waals surface area (Å²) in [6, 6.07) is 7.45. The van der Waals surface area contributed by atoms with Crippen LogP contribution in [0.1, 0.15) is 54.5 Å². The van der Waals surface area contributed by atoms with Crippen LogP contribution in [0.3, 0.4) is 0 Å². The number of rotatable bonds is 6. The molecule has 8 heteroatoms. The highest BCUT2D eigenvalue weighted by atomic mass is 32.2. The first-order chi connectivity index (χ1) is 16.3. The normalized spacial score (nSPS) is 15.3. The standard InChI is InChI=1S/C27H37N3O4S/c1-16(2)26(31)28-23-9-8-17(3)24(15-23)29-27(32)22-10-12-30(13-11-22)35(33,34)25-20(6)18(4)14-19(5)21(25)7/h8-9,14-16,22H,10-13H2,1-7H3,(H,28,31)(H,29,32). The van der Waals surface area contributed by atoms with Gasteiger partial charge in [0.05, 0.1) is 4.90 Å². The molecule has 1 fully saturated rings. The van der Waals surface area contributed by atoms with E-state index in [4.69, 9.17) is 0 Å². The molecule has 0 spiro atoms. The van der Waals surface area contributed by atoms with Gasteiger partial charge in [0.15, 0.2) is 0 Å². The van der Waals surface area contributed by atoms with E-state index >= 15 is 0 Å². The average molecular weight is 500 g/mol. The van der Waals surface area contributed by atoms with Crippen LogP contribution in [0.15, 0.2) is 29.2 Å². The highest BCUT2D eigenvalue weighted by Gasteiger charge is 2.34. The number of amides is 2. The Morgan fingerprint density at radius 3 is 2.00 bits per heavy atom. The first kappa shape index (κ1) is 26.9. The third-order valence-electron chi connectivity index (χ3n) is 7.01. The van der Waals surface area contributed by atoms with Crippen LogP contribution < -0.4 is 10.6 Å². The molecule has 7 nitrogen and oxygen atoms in total. The van der Waals surface area contributed by atoms with Crippen molar-refractivity contribution in [1.82, 2.24) is 4.31 Å². The quantitative estimate of drug-likeness (QED) is 0.593. The zero-order chi connectivity index (χ0) is 26.1.